The maximum absolute atomic E-state index is 5.84. The number of piperidine rings is 1. The number of anilines is 1. The van der Waals surface area contributed by atoms with E-state index in [1.54, 1.807) is 6.33 Å². The summed E-state index contributed by atoms with van der Waals surface area (Å²) < 4.78 is 11.3. The highest BCUT2D eigenvalue weighted by molar-refractivity contribution is 5.41. The smallest absolute Gasteiger partial charge is 0.218 e. The van der Waals surface area contributed by atoms with Crippen molar-refractivity contribution in [3.05, 3.63) is 12.4 Å². The highest BCUT2D eigenvalue weighted by Crippen LogP contribution is 2.30. The third kappa shape index (κ3) is 2.81. The Morgan fingerprint density at radius 1 is 1.42 bits per heavy atom. The van der Waals surface area contributed by atoms with Crippen LogP contribution in [0, 0.1) is 5.92 Å². The first kappa shape index (κ1) is 12.7. The third-order valence-electron chi connectivity index (χ3n) is 3.96. The lowest BCUT2D eigenvalue weighted by atomic mass is 9.88. The maximum Gasteiger partial charge on any atom is 0.218 e. The topological polar surface area (TPSA) is 47.5 Å². The fourth-order valence-corrected chi connectivity index (χ4v) is 3.03. The standard InChI is InChI=1S/C14H21N3O2/c1-2-18-14-8-13(15-10-16-14)17-6-5-12-11(9-17)4-3-7-19-12/h8,10-12H,2-7,9H2,1H3/t11-,12+/m1/s1. The molecule has 2 aliphatic heterocycles. The number of ether oxygens (including phenoxy) is 2. The second kappa shape index (κ2) is 5.74. The third-order valence-corrected chi connectivity index (χ3v) is 3.96. The molecule has 1 aromatic rings. The van der Waals surface area contributed by atoms with Gasteiger partial charge in [-0.3, -0.25) is 0 Å². The molecule has 2 atom stereocenters. The first-order chi connectivity index (χ1) is 9.36. The number of hydrogen-bond donors (Lipinski definition) is 0. The van der Waals surface area contributed by atoms with Crippen LogP contribution in [0.4, 0.5) is 5.82 Å². The largest absolute Gasteiger partial charge is 0.478 e. The summed E-state index contributed by atoms with van der Waals surface area (Å²) in [5.74, 6) is 2.28. The van der Waals surface area contributed by atoms with Gasteiger partial charge in [0, 0.05) is 31.7 Å². The molecular formula is C14H21N3O2. The molecule has 5 heteroatoms. The molecule has 0 saturated carbocycles. The van der Waals surface area contributed by atoms with E-state index < -0.39 is 0 Å². The lowest BCUT2D eigenvalue weighted by molar-refractivity contribution is -0.0358. The van der Waals surface area contributed by atoms with E-state index in [4.69, 9.17) is 9.47 Å². The van der Waals surface area contributed by atoms with Gasteiger partial charge in [-0.05, 0) is 26.2 Å². The first-order valence-corrected chi connectivity index (χ1v) is 7.18. The van der Waals surface area contributed by atoms with Crippen LogP contribution in [0.3, 0.4) is 0 Å². The highest BCUT2D eigenvalue weighted by Gasteiger charge is 2.32. The van der Waals surface area contributed by atoms with Gasteiger partial charge in [0.25, 0.3) is 0 Å². The van der Waals surface area contributed by atoms with Gasteiger partial charge in [-0.15, -0.1) is 0 Å². The molecule has 1 aromatic heterocycles. The Balaban J connectivity index is 1.70. The zero-order chi connectivity index (χ0) is 13.1. The summed E-state index contributed by atoms with van der Waals surface area (Å²) in [7, 11) is 0. The Labute approximate surface area is 113 Å². The Morgan fingerprint density at radius 3 is 3.26 bits per heavy atom. The molecule has 0 aromatic carbocycles. The van der Waals surface area contributed by atoms with Gasteiger partial charge in [-0.25, -0.2) is 9.97 Å². The van der Waals surface area contributed by atoms with Gasteiger partial charge in [-0.1, -0.05) is 0 Å². The van der Waals surface area contributed by atoms with E-state index in [1.165, 1.54) is 12.8 Å². The molecule has 3 rings (SSSR count). The van der Waals surface area contributed by atoms with E-state index in [-0.39, 0.29) is 0 Å². The zero-order valence-electron chi connectivity index (χ0n) is 11.4. The molecule has 0 spiro atoms. The summed E-state index contributed by atoms with van der Waals surface area (Å²) in [6.45, 7) is 5.57. The van der Waals surface area contributed by atoms with Crippen molar-refractivity contribution in [2.45, 2.75) is 32.3 Å². The molecule has 19 heavy (non-hydrogen) atoms. The Bertz CT molecular complexity index is 427. The van der Waals surface area contributed by atoms with Gasteiger partial charge >= 0.3 is 0 Å². The van der Waals surface area contributed by atoms with Crippen molar-refractivity contribution in [3.63, 3.8) is 0 Å². The molecule has 2 fully saturated rings. The summed E-state index contributed by atoms with van der Waals surface area (Å²) in [5, 5.41) is 0. The predicted octanol–water partition coefficient (Wildman–Crippen LogP) is 1.88. The average Bonchev–Trinajstić information content (AvgIpc) is 2.47. The molecule has 0 N–H and O–H groups in total. The van der Waals surface area contributed by atoms with E-state index >= 15 is 0 Å². The van der Waals surface area contributed by atoms with Crippen LogP contribution < -0.4 is 9.64 Å². The fourth-order valence-electron chi connectivity index (χ4n) is 3.03. The lowest BCUT2D eigenvalue weighted by Crippen LogP contribution is -2.46. The fraction of sp³-hybridized carbons (Fsp3) is 0.714. The molecule has 5 nitrogen and oxygen atoms in total. The van der Waals surface area contributed by atoms with Crippen molar-refractivity contribution in [3.8, 4) is 5.88 Å². The minimum absolute atomic E-state index is 0.457. The van der Waals surface area contributed by atoms with E-state index in [2.05, 4.69) is 14.9 Å². The molecule has 3 heterocycles. The number of aromatic nitrogens is 2. The molecule has 0 bridgehead atoms. The number of nitrogens with zero attached hydrogens (tertiary/aromatic N) is 3. The van der Waals surface area contributed by atoms with E-state index in [0.29, 0.717) is 24.5 Å². The van der Waals surface area contributed by atoms with E-state index in [9.17, 15) is 0 Å². The summed E-state index contributed by atoms with van der Waals surface area (Å²) in [6.07, 6.45) is 5.59. The molecule has 0 unspecified atom stereocenters. The van der Waals surface area contributed by atoms with Crippen molar-refractivity contribution in [1.82, 2.24) is 9.97 Å². The second-order valence-corrected chi connectivity index (χ2v) is 5.19. The van der Waals surface area contributed by atoms with Crippen molar-refractivity contribution in [2.75, 3.05) is 31.2 Å². The quantitative estimate of drug-likeness (QED) is 0.833. The minimum atomic E-state index is 0.457. The molecule has 0 aliphatic carbocycles. The van der Waals surface area contributed by atoms with Crippen molar-refractivity contribution >= 4 is 5.82 Å². The molecular weight excluding hydrogens is 242 g/mol. The van der Waals surface area contributed by atoms with E-state index in [0.717, 1.165) is 31.9 Å². The van der Waals surface area contributed by atoms with Gasteiger partial charge in [0.2, 0.25) is 5.88 Å². The van der Waals surface area contributed by atoms with Crippen LogP contribution in [-0.2, 0) is 4.74 Å². The van der Waals surface area contributed by atoms with Crippen molar-refractivity contribution in [1.29, 1.82) is 0 Å². The van der Waals surface area contributed by atoms with Gasteiger partial charge in [0.1, 0.15) is 12.1 Å². The van der Waals surface area contributed by atoms with Gasteiger partial charge in [0.15, 0.2) is 0 Å². The second-order valence-electron chi connectivity index (χ2n) is 5.19. The van der Waals surface area contributed by atoms with Crippen LogP contribution in [0.1, 0.15) is 26.2 Å². The summed E-state index contributed by atoms with van der Waals surface area (Å²) in [4.78, 5) is 10.8. The lowest BCUT2D eigenvalue weighted by Gasteiger charge is -2.41. The van der Waals surface area contributed by atoms with Crippen LogP contribution in [0.15, 0.2) is 12.4 Å². The molecule has 0 amide bonds. The SMILES string of the molecule is CCOc1cc(N2CC[C@@H]3OCCC[C@@H]3C2)ncn1. The monoisotopic (exact) mass is 263 g/mol. The van der Waals surface area contributed by atoms with Crippen molar-refractivity contribution in [2.24, 2.45) is 5.92 Å². The molecule has 2 saturated heterocycles. The van der Waals surface area contributed by atoms with Crippen LogP contribution in [0.5, 0.6) is 5.88 Å². The first-order valence-electron chi connectivity index (χ1n) is 7.18. The Morgan fingerprint density at radius 2 is 2.37 bits per heavy atom. The van der Waals surface area contributed by atoms with Gasteiger partial charge < -0.3 is 14.4 Å². The van der Waals surface area contributed by atoms with Crippen LogP contribution in [-0.4, -0.2) is 42.4 Å². The van der Waals surface area contributed by atoms with Crippen LogP contribution in [0.2, 0.25) is 0 Å². The predicted molar refractivity (Wildman–Crippen MR) is 72.5 cm³/mol. The van der Waals surface area contributed by atoms with E-state index in [1.807, 2.05) is 13.0 Å². The Kier molecular flexibility index (Phi) is 3.82. The van der Waals surface area contributed by atoms with Crippen molar-refractivity contribution < 1.29 is 9.47 Å². The maximum atomic E-state index is 5.84. The summed E-state index contributed by atoms with van der Waals surface area (Å²) >= 11 is 0. The number of hydrogen-bond acceptors (Lipinski definition) is 5. The number of fused-ring (bicyclic) bond motifs is 1. The summed E-state index contributed by atoms with van der Waals surface area (Å²) in [6, 6.07) is 1.94. The summed E-state index contributed by atoms with van der Waals surface area (Å²) in [5.41, 5.74) is 0. The normalized spacial score (nSPS) is 26.9. The highest BCUT2D eigenvalue weighted by atomic mass is 16.5. The minimum Gasteiger partial charge on any atom is -0.478 e. The zero-order valence-corrected chi connectivity index (χ0v) is 11.4. The molecule has 0 radical (unpaired) electrons. The van der Waals surface area contributed by atoms with Gasteiger partial charge in [0.05, 0.1) is 12.7 Å². The average molecular weight is 263 g/mol. The van der Waals surface area contributed by atoms with Crippen LogP contribution in [0.25, 0.3) is 0 Å². The number of rotatable bonds is 3. The van der Waals surface area contributed by atoms with Gasteiger partial charge in [-0.2, -0.15) is 0 Å². The molecule has 104 valence electrons. The van der Waals surface area contributed by atoms with Crippen LogP contribution >= 0.6 is 0 Å². The molecule has 2 aliphatic rings. The Hall–Kier alpha value is -1.36.